The van der Waals surface area contributed by atoms with E-state index in [1.807, 2.05) is 12.1 Å². The number of rotatable bonds is 3. The van der Waals surface area contributed by atoms with Gasteiger partial charge in [0.2, 0.25) is 0 Å². The average Bonchev–Trinajstić information content (AvgIpc) is 2.31. The molecule has 1 aliphatic carbocycles. The summed E-state index contributed by atoms with van der Waals surface area (Å²) in [5.74, 6) is 1.70. The van der Waals surface area contributed by atoms with Crippen LogP contribution in [0.5, 0.6) is 0 Å². The van der Waals surface area contributed by atoms with Crippen molar-refractivity contribution in [3.8, 4) is 0 Å². The Morgan fingerprint density at radius 1 is 1.33 bits per heavy atom. The molecule has 3 nitrogen and oxygen atoms in total. The third kappa shape index (κ3) is 2.91. The van der Waals surface area contributed by atoms with Crippen molar-refractivity contribution >= 4 is 5.82 Å². The summed E-state index contributed by atoms with van der Waals surface area (Å²) in [6.07, 6.45) is 8.60. The molecule has 1 unspecified atom stereocenters. The lowest BCUT2D eigenvalue weighted by Crippen LogP contribution is -2.28. The number of hydrogen-bond acceptors (Lipinski definition) is 3. The zero-order valence-electron chi connectivity index (χ0n) is 9.32. The summed E-state index contributed by atoms with van der Waals surface area (Å²) in [6, 6.07) is 4.41. The van der Waals surface area contributed by atoms with Crippen LogP contribution >= 0.6 is 0 Å². The van der Waals surface area contributed by atoms with Crippen LogP contribution in [0, 0.1) is 5.92 Å². The van der Waals surface area contributed by atoms with E-state index in [9.17, 15) is 0 Å². The molecule has 0 aromatic carbocycles. The van der Waals surface area contributed by atoms with Crippen molar-refractivity contribution in [2.45, 2.75) is 45.1 Å². The third-order valence-corrected chi connectivity index (χ3v) is 3.30. The molecule has 1 aromatic rings. The molecule has 15 heavy (non-hydrogen) atoms. The van der Waals surface area contributed by atoms with E-state index in [4.69, 9.17) is 0 Å². The quantitative estimate of drug-likeness (QED) is 0.824. The fourth-order valence-corrected chi connectivity index (χ4v) is 2.36. The van der Waals surface area contributed by atoms with Gasteiger partial charge in [-0.3, -0.25) is 0 Å². The molecule has 0 saturated heterocycles. The summed E-state index contributed by atoms with van der Waals surface area (Å²) in [5, 5.41) is 11.4. The molecule has 82 valence electrons. The van der Waals surface area contributed by atoms with Crippen molar-refractivity contribution in [1.29, 1.82) is 0 Å². The van der Waals surface area contributed by atoms with E-state index in [1.165, 1.54) is 32.1 Å². The van der Waals surface area contributed by atoms with E-state index in [-0.39, 0.29) is 0 Å². The number of anilines is 1. The summed E-state index contributed by atoms with van der Waals surface area (Å²) in [6.45, 7) is 2.25. The molecule has 1 saturated carbocycles. The number of hydrogen-bond donors (Lipinski definition) is 1. The van der Waals surface area contributed by atoms with Crippen LogP contribution in [0.3, 0.4) is 0 Å². The number of aromatic nitrogens is 2. The maximum Gasteiger partial charge on any atom is 0.148 e. The van der Waals surface area contributed by atoms with Gasteiger partial charge in [0.25, 0.3) is 0 Å². The molecule has 1 aliphatic rings. The van der Waals surface area contributed by atoms with Crippen LogP contribution in [-0.2, 0) is 0 Å². The van der Waals surface area contributed by atoms with Crippen molar-refractivity contribution in [1.82, 2.24) is 10.2 Å². The van der Waals surface area contributed by atoms with Gasteiger partial charge >= 0.3 is 0 Å². The first-order valence-corrected chi connectivity index (χ1v) is 5.90. The van der Waals surface area contributed by atoms with Crippen molar-refractivity contribution in [2.75, 3.05) is 5.32 Å². The summed E-state index contributed by atoms with van der Waals surface area (Å²) >= 11 is 0. The van der Waals surface area contributed by atoms with Gasteiger partial charge in [0, 0.05) is 12.2 Å². The van der Waals surface area contributed by atoms with E-state index in [0.717, 1.165) is 11.7 Å². The van der Waals surface area contributed by atoms with Crippen LogP contribution in [0.15, 0.2) is 18.3 Å². The topological polar surface area (TPSA) is 37.8 Å². The Morgan fingerprint density at radius 3 is 2.80 bits per heavy atom. The van der Waals surface area contributed by atoms with Gasteiger partial charge in [-0.1, -0.05) is 19.3 Å². The predicted octanol–water partition coefficient (Wildman–Crippen LogP) is 2.86. The summed E-state index contributed by atoms with van der Waals surface area (Å²) in [4.78, 5) is 0. The lowest BCUT2D eigenvalue weighted by molar-refractivity contribution is 0.328. The second-order valence-corrected chi connectivity index (χ2v) is 4.44. The van der Waals surface area contributed by atoms with Crippen molar-refractivity contribution < 1.29 is 0 Å². The molecule has 1 heterocycles. The minimum absolute atomic E-state index is 0.516. The van der Waals surface area contributed by atoms with Gasteiger partial charge in [-0.25, -0.2) is 0 Å². The smallest absolute Gasteiger partial charge is 0.148 e. The van der Waals surface area contributed by atoms with Crippen LogP contribution < -0.4 is 5.32 Å². The second kappa shape index (κ2) is 5.10. The summed E-state index contributed by atoms with van der Waals surface area (Å²) in [7, 11) is 0. The zero-order valence-corrected chi connectivity index (χ0v) is 9.32. The fraction of sp³-hybridized carbons (Fsp3) is 0.667. The van der Waals surface area contributed by atoms with Crippen molar-refractivity contribution in [3.63, 3.8) is 0 Å². The predicted molar refractivity (Wildman–Crippen MR) is 61.7 cm³/mol. The van der Waals surface area contributed by atoms with E-state index in [1.54, 1.807) is 6.20 Å². The Balaban J connectivity index is 1.88. The molecule has 2 rings (SSSR count). The van der Waals surface area contributed by atoms with Crippen molar-refractivity contribution in [3.05, 3.63) is 18.3 Å². The summed E-state index contributed by atoms with van der Waals surface area (Å²) < 4.78 is 0. The third-order valence-electron chi connectivity index (χ3n) is 3.30. The molecular weight excluding hydrogens is 186 g/mol. The second-order valence-electron chi connectivity index (χ2n) is 4.44. The van der Waals surface area contributed by atoms with Crippen molar-refractivity contribution in [2.24, 2.45) is 5.92 Å². The lowest BCUT2D eigenvalue weighted by atomic mass is 9.84. The molecule has 3 heteroatoms. The molecule has 0 aliphatic heterocycles. The van der Waals surface area contributed by atoms with Gasteiger partial charge in [0.1, 0.15) is 5.82 Å². The number of nitrogens with one attached hydrogen (secondary N) is 1. The Labute approximate surface area is 91.3 Å². The Hall–Kier alpha value is -1.12. The lowest BCUT2D eigenvalue weighted by Gasteiger charge is -2.28. The zero-order chi connectivity index (χ0) is 10.5. The standard InChI is InChI=1S/C12H19N3/c1-10(11-6-3-2-4-7-11)14-12-8-5-9-13-15-12/h5,8-11H,2-4,6-7H2,1H3,(H,14,15). The average molecular weight is 205 g/mol. The molecule has 1 aromatic heterocycles. The minimum Gasteiger partial charge on any atom is -0.366 e. The fourth-order valence-electron chi connectivity index (χ4n) is 2.36. The first kappa shape index (κ1) is 10.4. The Kier molecular flexibility index (Phi) is 3.54. The maximum atomic E-state index is 4.05. The highest BCUT2D eigenvalue weighted by atomic mass is 15.2. The molecule has 0 spiro atoms. The Bertz CT molecular complexity index is 280. The minimum atomic E-state index is 0.516. The first-order chi connectivity index (χ1) is 7.36. The van der Waals surface area contributed by atoms with Crippen LogP contribution in [-0.4, -0.2) is 16.2 Å². The molecular formula is C12H19N3. The highest BCUT2D eigenvalue weighted by Gasteiger charge is 2.19. The molecule has 1 atom stereocenters. The molecule has 0 radical (unpaired) electrons. The largest absolute Gasteiger partial charge is 0.366 e. The van der Waals surface area contributed by atoms with E-state index in [2.05, 4.69) is 22.4 Å². The van der Waals surface area contributed by atoms with E-state index in [0.29, 0.717) is 6.04 Å². The van der Waals surface area contributed by atoms with Crippen LogP contribution in [0.25, 0.3) is 0 Å². The van der Waals surface area contributed by atoms with Gasteiger partial charge in [-0.15, -0.1) is 5.10 Å². The van der Waals surface area contributed by atoms with Gasteiger partial charge < -0.3 is 5.32 Å². The number of nitrogens with zero attached hydrogens (tertiary/aromatic N) is 2. The van der Waals surface area contributed by atoms with Gasteiger partial charge in [-0.2, -0.15) is 5.10 Å². The van der Waals surface area contributed by atoms with E-state index < -0.39 is 0 Å². The van der Waals surface area contributed by atoms with Gasteiger partial charge in [0.05, 0.1) is 0 Å². The van der Waals surface area contributed by atoms with Gasteiger partial charge in [0.15, 0.2) is 0 Å². The van der Waals surface area contributed by atoms with E-state index >= 15 is 0 Å². The SMILES string of the molecule is CC(Nc1cccnn1)C1CCCCC1. The molecule has 0 amide bonds. The first-order valence-electron chi connectivity index (χ1n) is 5.90. The van der Waals surface area contributed by atoms with Crippen LogP contribution in [0.4, 0.5) is 5.82 Å². The maximum absolute atomic E-state index is 4.05. The van der Waals surface area contributed by atoms with Crippen LogP contribution in [0.1, 0.15) is 39.0 Å². The highest BCUT2D eigenvalue weighted by Crippen LogP contribution is 2.27. The normalized spacial score (nSPS) is 19.8. The monoisotopic (exact) mass is 205 g/mol. The molecule has 1 N–H and O–H groups in total. The Morgan fingerprint density at radius 2 is 2.13 bits per heavy atom. The van der Waals surface area contributed by atoms with Crippen LogP contribution in [0.2, 0.25) is 0 Å². The molecule has 1 fully saturated rings. The van der Waals surface area contributed by atoms with Gasteiger partial charge in [-0.05, 0) is 37.8 Å². The molecule has 0 bridgehead atoms. The summed E-state index contributed by atoms with van der Waals surface area (Å²) in [5.41, 5.74) is 0. The highest BCUT2D eigenvalue weighted by molar-refractivity contribution is 5.32.